The van der Waals surface area contributed by atoms with E-state index in [0.29, 0.717) is 27.0 Å². The zero-order valence-corrected chi connectivity index (χ0v) is 14.1. The van der Waals surface area contributed by atoms with Crippen LogP contribution in [0, 0.1) is 13.8 Å². The lowest BCUT2D eigenvalue weighted by Crippen LogP contribution is -2.14. The van der Waals surface area contributed by atoms with E-state index in [1.54, 1.807) is 38.1 Å². The van der Waals surface area contributed by atoms with Crippen molar-refractivity contribution in [3.8, 4) is 0 Å². The first-order valence-electron chi connectivity index (χ1n) is 7.61. The van der Waals surface area contributed by atoms with Gasteiger partial charge >= 0.3 is 6.18 Å². The minimum atomic E-state index is -4.66. The number of halogens is 3. The van der Waals surface area contributed by atoms with Gasteiger partial charge < -0.3 is 10.6 Å². The van der Waals surface area contributed by atoms with Crippen molar-refractivity contribution >= 4 is 28.7 Å². The predicted molar refractivity (Wildman–Crippen MR) is 89.3 cm³/mol. The molecular formula is C16H15F3N6O. The lowest BCUT2D eigenvalue weighted by Gasteiger charge is -2.13. The van der Waals surface area contributed by atoms with E-state index < -0.39 is 12.0 Å². The van der Waals surface area contributed by atoms with Crippen molar-refractivity contribution in [3.05, 3.63) is 41.2 Å². The number of hydrogen-bond acceptors (Lipinski definition) is 5. The van der Waals surface area contributed by atoms with Crippen LogP contribution in [-0.4, -0.2) is 25.7 Å². The van der Waals surface area contributed by atoms with E-state index in [-0.39, 0.29) is 17.4 Å². The molecule has 26 heavy (non-hydrogen) atoms. The summed E-state index contributed by atoms with van der Waals surface area (Å²) in [4.78, 5) is 11.0. The Morgan fingerprint density at radius 1 is 1.04 bits per heavy atom. The number of benzene rings is 1. The maximum Gasteiger partial charge on any atom is 0.453 e. The number of rotatable bonds is 3. The van der Waals surface area contributed by atoms with Gasteiger partial charge in [-0.25, -0.2) is 0 Å². The number of amides is 1. The van der Waals surface area contributed by atoms with Gasteiger partial charge in [0.1, 0.15) is 0 Å². The summed E-state index contributed by atoms with van der Waals surface area (Å²) in [6, 6.07) is 6.71. The van der Waals surface area contributed by atoms with Crippen LogP contribution in [0.3, 0.4) is 0 Å². The van der Waals surface area contributed by atoms with E-state index in [4.69, 9.17) is 0 Å². The molecule has 0 bridgehead atoms. The predicted octanol–water partition coefficient (Wildman–Crippen LogP) is 3.46. The van der Waals surface area contributed by atoms with Gasteiger partial charge in [0, 0.05) is 29.4 Å². The standard InChI is InChI=1S/C16H15F3N6O/c1-8-9(2)14-22-23-15(16(17,18)19)25(14)24-13(8)21-12-6-4-11(5-7-12)20-10(3)26/h4-7H,1-3H3,(H,20,26)(H,21,24). The molecule has 2 aromatic heterocycles. The fourth-order valence-electron chi connectivity index (χ4n) is 2.40. The Bertz CT molecular complexity index is 978. The first kappa shape index (κ1) is 17.6. The molecule has 136 valence electrons. The molecule has 0 aliphatic rings. The van der Waals surface area contributed by atoms with Gasteiger partial charge in [-0.3, -0.25) is 4.79 Å². The van der Waals surface area contributed by atoms with Crippen molar-refractivity contribution in [2.24, 2.45) is 0 Å². The number of nitrogens with one attached hydrogen (secondary N) is 2. The molecule has 2 N–H and O–H groups in total. The van der Waals surface area contributed by atoms with Crippen LogP contribution in [0.5, 0.6) is 0 Å². The number of fused-ring (bicyclic) bond motifs is 1. The molecule has 3 rings (SSSR count). The van der Waals surface area contributed by atoms with Gasteiger partial charge in [-0.05, 0) is 38.1 Å². The molecule has 0 saturated carbocycles. The summed E-state index contributed by atoms with van der Waals surface area (Å²) in [6.45, 7) is 4.79. The SMILES string of the molecule is CC(=O)Nc1ccc(Nc2nn3c(C(F)(F)F)nnc3c(C)c2C)cc1. The Morgan fingerprint density at radius 2 is 1.65 bits per heavy atom. The molecule has 0 saturated heterocycles. The van der Waals surface area contributed by atoms with Gasteiger partial charge in [-0.1, -0.05) is 0 Å². The van der Waals surface area contributed by atoms with Crippen LogP contribution in [0.4, 0.5) is 30.4 Å². The van der Waals surface area contributed by atoms with Crippen molar-refractivity contribution in [1.29, 1.82) is 0 Å². The van der Waals surface area contributed by atoms with Crippen LogP contribution in [0.15, 0.2) is 24.3 Å². The molecule has 0 atom stereocenters. The summed E-state index contributed by atoms with van der Waals surface area (Å²) in [7, 11) is 0. The van der Waals surface area contributed by atoms with Crippen LogP contribution < -0.4 is 10.6 Å². The third-order valence-electron chi connectivity index (χ3n) is 3.82. The van der Waals surface area contributed by atoms with Gasteiger partial charge in [0.15, 0.2) is 11.5 Å². The van der Waals surface area contributed by atoms with Crippen LogP contribution in [0.2, 0.25) is 0 Å². The number of nitrogens with zero attached hydrogens (tertiary/aromatic N) is 4. The first-order chi connectivity index (χ1) is 12.2. The Balaban J connectivity index is 1.99. The largest absolute Gasteiger partial charge is 0.453 e. The molecule has 1 aromatic carbocycles. The molecule has 0 aliphatic heterocycles. The Kier molecular flexibility index (Phi) is 4.26. The molecule has 2 heterocycles. The van der Waals surface area contributed by atoms with E-state index in [2.05, 4.69) is 25.9 Å². The van der Waals surface area contributed by atoms with Crippen molar-refractivity contribution in [3.63, 3.8) is 0 Å². The highest BCUT2D eigenvalue weighted by molar-refractivity contribution is 5.88. The van der Waals surface area contributed by atoms with Crippen molar-refractivity contribution in [1.82, 2.24) is 19.8 Å². The molecule has 3 aromatic rings. The number of aryl methyl sites for hydroxylation is 1. The normalized spacial score (nSPS) is 11.6. The van der Waals surface area contributed by atoms with Crippen LogP contribution >= 0.6 is 0 Å². The molecular weight excluding hydrogens is 349 g/mol. The van der Waals surface area contributed by atoms with Crippen LogP contribution in [-0.2, 0) is 11.0 Å². The molecule has 0 radical (unpaired) electrons. The second kappa shape index (κ2) is 6.28. The smallest absolute Gasteiger partial charge is 0.339 e. The average molecular weight is 364 g/mol. The Labute approximate surface area is 146 Å². The monoisotopic (exact) mass is 364 g/mol. The minimum absolute atomic E-state index is 0.0568. The van der Waals surface area contributed by atoms with Gasteiger partial charge in [0.25, 0.3) is 5.82 Å². The van der Waals surface area contributed by atoms with Crippen LogP contribution in [0.1, 0.15) is 23.9 Å². The van der Waals surface area contributed by atoms with E-state index in [9.17, 15) is 18.0 Å². The zero-order valence-electron chi connectivity index (χ0n) is 14.1. The van der Waals surface area contributed by atoms with Crippen molar-refractivity contribution in [2.45, 2.75) is 26.9 Å². The fourth-order valence-corrected chi connectivity index (χ4v) is 2.40. The summed E-state index contributed by atoms with van der Waals surface area (Å²) < 4.78 is 39.9. The Morgan fingerprint density at radius 3 is 2.23 bits per heavy atom. The van der Waals surface area contributed by atoms with E-state index in [1.165, 1.54) is 6.92 Å². The lowest BCUT2D eigenvalue weighted by molar-refractivity contribution is -0.146. The molecule has 7 nitrogen and oxygen atoms in total. The van der Waals surface area contributed by atoms with Gasteiger partial charge in [-0.15, -0.1) is 15.3 Å². The molecule has 10 heteroatoms. The number of hydrogen-bond donors (Lipinski definition) is 2. The highest BCUT2D eigenvalue weighted by atomic mass is 19.4. The average Bonchev–Trinajstić information content (AvgIpc) is 2.98. The zero-order chi connectivity index (χ0) is 19.1. The molecule has 0 unspecified atom stereocenters. The summed E-state index contributed by atoms with van der Waals surface area (Å²) >= 11 is 0. The number of anilines is 3. The molecule has 0 spiro atoms. The van der Waals surface area contributed by atoms with Crippen molar-refractivity contribution in [2.75, 3.05) is 10.6 Å². The molecule has 0 aliphatic carbocycles. The number of carbonyl (C=O) groups excluding carboxylic acids is 1. The molecule has 0 fully saturated rings. The van der Waals surface area contributed by atoms with Crippen molar-refractivity contribution < 1.29 is 18.0 Å². The second-order valence-corrected chi connectivity index (χ2v) is 5.74. The molecule has 1 amide bonds. The number of alkyl halides is 3. The van der Waals surface area contributed by atoms with Gasteiger partial charge in [0.05, 0.1) is 0 Å². The number of aromatic nitrogens is 4. The highest BCUT2D eigenvalue weighted by Crippen LogP contribution is 2.30. The number of carbonyl (C=O) groups is 1. The van der Waals surface area contributed by atoms with Gasteiger partial charge in [-0.2, -0.15) is 17.7 Å². The lowest BCUT2D eigenvalue weighted by atomic mass is 10.2. The van der Waals surface area contributed by atoms with E-state index >= 15 is 0 Å². The van der Waals surface area contributed by atoms with E-state index in [1.807, 2.05) is 0 Å². The minimum Gasteiger partial charge on any atom is -0.339 e. The van der Waals surface area contributed by atoms with Crippen LogP contribution in [0.25, 0.3) is 5.65 Å². The maximum absolute atomic E-state index is 13.1. The third kappa shape index (κ3) is 3.30. The second-order valence-electron chi connectivity index (χ2n) is 5.74. The maximum atomic E-state index is 13.1. The Hall–Kier alpha value is -3.17. The third-order valence-corrected chi connectivity index (χ3v) is 3.82. The quantitative estimate of drug-likeness (QED) is 0.744. The fraction of sp³-hybridized carbons (Fsp3) is 0.250. The topological polar surface area (TPSA) is 84.2 Å². The van der Waals surface area contributed by atoms with Gasteiger partial charge in [0.2, 0.25) is 5.91 Å². The van der Waals surface area contributed by atoms with E-state index in [0.717, 1.165) is 0 Å². The summed E-state index contributed by atoms with van der Waals surface area (Å²) in [6.07, 6.45) is -4.66. The first-order valence-corrected chi connectivity index (χ1v) is 7.61. The summed E-state index contributed by atoms with van der Waals surface area (Å²) in [5.41, 5.74) is 2.47. The summed E-state index contributed by atoms with van der Waals surface area (Å²) in [5.74, 6) is -1.12. The highest BCUT2D eigenvalue weighted by Gasteiger charge is 2.38. The summed E-state index contributed by atoms with van der Waals surface area (Å²) in [5, 5.41) is 16.4.